The largest absolute Gasteiger partial charge is 0.296 e. The van der Waals surface area contributed by atoms with Crippen LogP contribution < -0.4 is 10.5 Å². The molecule has 0 radical (unpaired) electrons. The molecule has 0 spiro atoms. The van der Waals surface area contributed by atoms with Crippen molar-refractivity contribution in [1.29, 1.82) is 0 Å². The van der Waals surface area contributed by atoms with E-state index in [9.17, 15) is 4.79 Å². The zero-order valence-electron chi connectivity index (χ0n) is 10.3. The molecule has 5 nitrogen and oxygen atoms in total. The highest BCUT2D eigenvalue weighted by Gasteiger charge is 2.11. The molecule has 0 saturated heterocycles. The number of pyridine rings is 1. The Hall–Kier alpha value is -2.17. The van der Waals surface area contributed by atoms with E-state index in [1.165, 1.54) is 12.3 Å². The molecule has 0 bridgehead atoms. The Morgan fingerprint density at radius 2 is 2.11 bits per heavy atom. The summed E-state index contributed by atoms with van der Waals surface area (Å²) in [7, 11) is 0. The summed E-state index contributed by atoms with van der Waals surface area (Å²) >= 11 is 0. The maximum atomic E-state index is 11.4. The van der Waals surface area contributed by atoms with Gasteiger partial charge in [0.2, 0.25) is 5.95 Å². The number of anilines is 2. The molecule has 0 aliphatic rings. The Morgan fingerprint density at radius 3 is 2.78 bits per heavy atom. The summed E-state index contributed by atoms with van der Waals surface area (Å²) in [6, 6.07) is 7.09. The van der Waals surface area contributed by atoms with E-state index in [-0.39, 0.29) is 5.56 Å². The Kier molecular flexibility index (Phi) is 4.06. The molecule has 0 unspecified atom stereocenters. The SMILES string of the molecule is CCCCN(c1ccccn1)c1nccc(=O)[nH]1. The standard InChI is InChI=1S/C13H16N4O/c1-2-3-10-17(11-6-4-5-8-14-11)13-15-9-7-12(18)16-13/h4-9H,2-3,10H2,1H3,(H,15,16,18). The van der Waals surface area contributed by atoms with Gasteiger partial charge in [-0.3, -0.25) is 14.7 Å². The molecular weight excluding hydrogens is 228 g/mol. The monoisotopic (exact) mass is 244 g/mol. The fourth-order valence-electron chi connectivity index (χ4n) is 1.66. The second kappa shape index (κ2) is 5.95. The first-order chi connectivity index (χ1) is 8.81. The quantitative estimate of drug-likeness (QED) is 0.875. The van der Waals surface area contributed by atoms with Crippen LogP contribution in [0.2, 0.25) is 0 Å². The lowest BCUT2D eigenvalue weighted by molar-refractivity contribution is 0.762. The van der Waals surface area contributed by atoms with E-state index in [0.717, 1.165) is 25.2 Å². The molecule has 2 rings (SSSR count). The number of aromatic amines is 1. The molecule has 0 saturated carbocycles. The fourth-order valence-corrected chi connectivity index (χ4v) is 1.66. The molecule has 2 heterocycles. The molecule has 18 heavy (non-hydrogen) atoms. The van der Waals surface area contributed by atoms with Crippen LogP contribution in [0.25, 0.3) is 0 Å². The normalized spacial score (nSPS) is 10.3. The topological polar surface area (TPSA) is 61.9 Å². The van der Waals surface area contributed by atoms with E-state index < -0.39 is 0 Å². The van der Waals surface area contributed by atoms with Gasteiger partial charge in [-0.1, -0.05) is 19.4 Å². The van der Waals surface area contributed by atoms with Crippen LogP contribution in [0.5, 0.6) is 0 Å². The molecule has 0 aliphatic heterocycles. The van der Waals surface area contributed by atoms with Crippen LogP contribution in [0.4, 0.5) is 11.8 Å². The van der Waals surface area contributed by atoms with Crippen LogP contribution in [0.1, 0.15) is 19.8 Å². The highest BCUT2D eigenvalue weighted by Crippen LogP contribution is 2.18. The van der Waals surface area contributed by atoms with Crippen molar-refractivity contribution in [3.05, 3.63) is 47.0 Å². The van der Waals surface area contributed by atoms with Crippen LogP contribution in [-0.4, -0.2) is 21.5 Å². The minimum Gasteiger partial charge on any atom is -0.296 e. The van der Waals surface area contributed by atoms with Gasteiger partial charge in [0.05, 0.1) is 0 Å². The first kappa shape index (κ1) is 12.3. The minimum atomic E-state index is -0.155. The zero-order chi connectivity index (χ0) is 12.8. The molecule has 0 amide bonds. The summed E-state index contributed by atoms with van der Waals surface area (Å²) in [6.07, 6.45) is 5.32. The van der Waals surface area contributed by atoms with Crippen molar-refractivity contribution in [2.75, 3.05) is 11.4 Å². The van der Waals surface area contributed by atoms with Crippen LogP contribution >= 0.6 is 0 Å². The summed E-state index contributed by atoms with van der Waals surface area (Å²) in [5.41, 5.74) is -0.155. The van der Waals surface area contributed by atoms with Gasteiger partial charge in [-0.05, 0) is 18.6 Å². The van der Waals surface area contributed by atoms with Crippen LogP contribution in [0, 0.1) is 0 Å². The van der Waals surface area contributed by atoms with Gasteiger partial charge in [-0.2, -0.15) is 0 Å². The summed E-state index contributed by atoms with van der Waals surface area (Å²) < 4.78 is 0. The highest BCUT2D eigenvalue weighted by molar-refractivity contribution is 5.51. The van der Waals surface area contributed by atoms with E-state index in [0.29, 0.717) is 5.95 Å². The highest BCUT2D eigenvalue weighted by atomic mass is 16.1. The van der Waals surface area contributed by atoms with Crippen LogP contribution in [0.3, 0.4) is 0 Å². The number of hydrogen-bond donors (Lipinski definition) is 1. The minimum absolute atomic E-state index is 0.155. The van der Waals surface area contributed by atoms with Gasteiger partial charge in [-0.15, -0.1) is 0 Å². The Bertz CT molecular complexity index is 538. The summed E-state index contributed by atoms with van der Waals surface area (Å²) in [6.45, 7) is 2.90. The molecule has 0 aromatic carbocycles. The molecule has 2 aromatic rings. The first-order valence-corrected chi connectivity index (χ1v) is 6.05. The van der Waals surface area contributed by atoms with Gasteiger partial charge in [-0.25, -0.2) is 9.97 Å². The molecule has 0 aliphatic carbocycles. The van der Waals surface area contributed by atoms with Crippen molar-refractivity contribution >= 4 is 11.8 Å². The molecule has 94 valence electrons. The van der Waals surface area contributed by atoms with Gasteiger partial charge < -0.3 is 0 Å². The van der Waals surface area contributed by atoms with Crippen molar-refractivity contribution in [1.82, 2.24) is 15.0 Å². The smallest absolute Gasteiger partial charge is 0.252 e. The van der Waals surface area contributed by atoms with Crippen molar-refractivity contribution in [2.24, 2.45) is 0 Å². The second-order valence-electron chi connectivity index (χ2n) is 3.95. The number of H-pyrrole nitrogens is 1. The van der Waals surface area contributed by atoms with Gasteiger partial charge in [0.15, 0.2) is 0 Å². The van der Waals surface area contributed by atoms with Gasteiger partial charge >= 0.3 is 0 Å². The van der Waals surface area contributed by atoms with Gasteiger partial charge in [0.25, 0.3) is 5.56 Å². The molecule has 0 atom stereocenters. The number of rotatable bonds is 5. The number of unbranched alkanes of at least 4 members (excludes halogenated alkanes) is 1. The first-order valence-electron chi connectivity index (χ1n) is 6.05. The van der Waals surface area contributed by atoms with Crippen LogP contribution in [0.15, 0.2) is 41.5 Å². The third kappa shape index (κ3) is 2.94. The predicted molar refractivity (Wildman–Crippen MR) is 71.0 cm³/mol. The molecule has 5 heteroatoms. The zero-order valence-corrected chi connectivity index (χ0v) is 10.3. The number of aromatic nitrogens is 3. The number of nitrogens with zero attached hydrogens (tertiary/aromatic N) is 3. The Balaban J connectivity index is 2.33. The van der Waals surface area contributed by atoms with E-state index in [2.05, 4.69) is 21.9 Å². The van der Waals surface area contributed by atoms with Crippen LogP contribution in [-0.2, 0) is 0 Å². The Labute approximate surface area is 106 Å². The number of nitrogens with one attached hydrogen (secondary N) is 1. The third-order valence-corrected chi connectivity index (χ3v) is 2.57. The third-order valence-electron chi connectivity index (χ3n) is 2.57. The summed E-state index contributed by atoms with van der Waals surface area (Å²) in [4.78, 5) is 24.5. The fraction of sp³-hybridized carbons (Fsp3) is 0.308. The van der Waals surface area contributed by atoms with E-state index in [1.54, 1.807) is 6.20 Å². The maximum absolute atomic E-state index is 11.4. The van der Waals surface area contributed by atoms with Crippen molar-refractivity contribution < 1.29 is 0 Å². The maximum Gasteiger partial charge on any atom is 0.252 e. The van der Waals surface area contributed by atoms with Crippen molar-refractivity contribution in [2.45, 2.75) is 19.8 Å². The molecule has 2 aromatic heterocycles. The lowest BCUT2D eigenvalue weighted by Crippen LogP contribution is -2.24. The van der Waals surface area contributed by atoms with Crippen molar-refractivity contribution in [3.8, 4) is 0 Å². The predicted octanol–water partition coefficient (Wildman–Crippen LogP) is 2.10. The molecule has 1 N–H and O–H groups in total. The van der Waals surface area contributed by atoms with E-state index >= 15 is 0 Å². The van der Waals surface area contributed by atoms with E-state index in [4.69, 9.17) is 0 Å². The summed E-state index contributed by atoms with van der Waals surface area (Å²) in [5, 5.41) is 0. The van der Waals surface area contributed by atoms with Gasteiger partial charge in [0, 0.05) is 25.0 Å². The summed E-state index contributed by atoms with van der Waals surface area (Å²) in [5.74, 6) is 1.33. The number of hydrogen-bond acceptors (Lipinski definition) is 4. The lowest BCUT2D eigenvalue weighted by Gasteiger charge is -2.21. The molecule has 0 fully saturated rings. The second-order valence-corrected chi connectivity index (χ2v) is 3.95. The Morgan fingerprint density at radius 1 is 1.22 bits per heavy atom. The van der Waals surface area contributed by atoms with Gasteiger partial charge in [0.1, 0.15) is 5.82 Å². The van der Waals surface area contributed by atoms with E-state index in [1.807, 2.05) is 23.1 Å². The average Bonchev–Trinajstić information content (AvgIpc) is 2.40. The van der Waals surface area contributed by atoms with Crippen molar-refractivity contribution in [3.63, 3.8) is 0 Å². The molecular formula is C13H16N4O. The lowest BCUT2D eigenvalue weighted by atomic mass is 10.3. The average molecular weight is 244 g/mol.